The van der Waals surface area contributed by atoms with Gasteiger partial charge in [-0.1, -0.05) is 15.9 Å². The zero-order chi connectivity index (χ0) is 13.5. The Morgan fingerprint density at radius 1 is 1.47 bits per heavy atom. The van der Waals surface area contributed by atoms with Gasteiger partial charge in [-0.05, 0) is 19.9 Å². The van der Waals surface area contributed by atoms with Crippen LogP contribution < -0.4 is 4.90 Å². The maximum absolute atomic E-state index is 6.01. The molecular weight excluding hydrogens is 308 g/mol. The minimum atomic E-state index is -0.162. The van der Waals surface area contributed by atoms with Gasteiger partial charge >= 0.3 is 0 Å². The largest absolute Gasteiger partial charge is 0.368 e. The van der Waals surface area contributed by atoms with Crippen LogP contribution in [0.3, 0.4) is 0 Å². The molecule has 1 aliphatic heterocycles. The standard InChI is InChI=1S/C13H17BrN4O/c1-13(2)9-17(8-10(7-14)19-13)11-4-6-18-12(16-11)3-5-15-18/h3-6,10H,7-9H2,1-2H3. The summed E-state index contributed by atoms with van der Waals surface area (Å²) < 4.78 is 7.79. The lowest BCUT2D eigenvalue weighted by atomic mass is 10.1. The molecule has 1 aliphatic rings. The first-order chi connectivity index (χ1) is 9.07. The van der Waals surface area contributed by atoms with E-state index in [1.807, 2.05) is 18.3 Å². The van der Waals surface area contributed by atoms with Crippen molar-refractivity contribution >= 4 is 27.4 Å². The van der Waals surface area contributed by atoms with Crippen molar-refractivity contribution in [3.63, 3.8) is 0 Å². The van der Waals surface area contributed by atoms with Crippen LogP contribution in [0.5, 0.6) is 0 Å². The normalized spacial score (nSPS) is 22.9. The number of hydrogen-bond donors (Lipinski definition) is 0. The number of anilines is 1. The van der Waals surface area contributed by atoms with Gasteiger partial charge in [0.15, 0.2) is 5.65 Å². The molecule has 6 heteroatoms. The summed E-state index contributed by atoms with van der Waals surface area (Å²) in [6.07, 6.45) is 3.90. The van der Waals surface area contributed by atoms with E-state index < -0.39 is 0 Å². The summed E-state index contributed by atoms with van der Waals surface area (Å²) >= 11 is 3.51. The van der Waals surface area contributed by atoms with Crippen molar-refractivity contribution in [3.8, 4) is 0 Å². The fraction of sp³-hybridized carbons (Fsp3) is 0.538. The lowest BCUT2D eigenvalue weighted by molar-refractivity contribution is -0.0725. The highest BCUT2D eigenvalue weighted by Crippen LogP contribution is 2.25. The minimum Gasteiger partial charge on any atom is -0.368 e. The van der Waals surface area contributed by atoms with Gasteiger partial charge in [0.05, 0.1) is 17.9 Å². The summed E-state index contributed by atoms with van der Waals surface area (Å²) in [6, 6.07) is 3.92. The van der Waals surface area contributed by atoms with Crippen LogP contribution in [-0.2, 0) is 4.74 Å². The number of fused-ring (bicyclic) bond motifs is 1. The van der Waals surface area contributed by atoms with E-state index in [9.17, 15) is 0 Å². The molecule has 5 nitrogen and oxygen atoms in total. The number of hydrogen-bond acceptors (Lipinski definition) is 4. The van der Waals surface area contributed by atoms with Gasteiger partial charge in [-0.25, -0.2) is 9.50 Å². The van der Waals surface area contributed by atoms with Gasteiger partial charge in [-0.15, -0.1) is 0 Å². The summed E-state index contributed by atoms with van der Waals surface area (Å²) in [5.74, 6) is 0.982. The van der Waals surface area contributed by atoms with Crippen LogP contribution in [0.1, 0.15) is 13.8 Å². The van der Waals surface area contributed by atoms with Gasteiger partial charge in [-0.2, -0.15) is 5.10 Å². The predicted molar refractivity (Wildman–Crippen MR) is 77.9 cm³/mol. The van der Waals surface area contributed by atoms with Crippen molar-refractivity contribution in [2.45, 2.75) is 25.6 Å². The molecule has 0 spiro atoms. The molecular formula is C13H17BrN4O. The molecule has 1 saturated heterocycles. The lowest BCUT2D eigenvalue weighted by Crippen LogP contribution is -2.53. The smallest absolute Gasteiger partial charge is 0.157 e. The zero-order valence-corrected chi connectivity index (χ0v) is 12.7. The first-order valence-corrected chi connectivity index (χ1v) is 7.49. The molecule has 102 valence electrons. The van der Waals surface area contributed by atoms with Crippen LogP contribution in [-0.4, -0.2) is 44.7 Å². The highest BCUT2D eigenvalue weighted by Gasteiger charge is 2.33. The molecule has 19 heavy (non-hydrogen) atoms. The Kier molecular flexibility index (Phi) is 3.22. The summed E-state index contributed by atoms with van der Waals surface area (Å²) in [5, 5.41) is 5.00. The molecule has 0 bridgehead atoms. The van der Waals surface area contributed by atoms with Gasteiger partial charge in [-0.3, -0.25) is 0 Å². The Morgan fingerprint density at radius 3 is 3.11 bits per heavy atom. The number of nitrogens with zero attached hydrogens (tertiary/aromatic N) is 4. The summed E-state index contributed by atoms with van der Waals surface area (Å²) in [6.45, 7) is 5.93. The Bertz CT molecular complexity index is 583. The molecule has 0 amide bonds. The number of rotatable bonds is 2. The minimum absolute atomic E-state index is 0.162. The highest BCUT2D eigenvalue weighted by molar-refractivity contribution is 9.09. The first kappa shape index (κ1) is 12.9. The number of aromatic nitrogens is 3. The number of alkyl halides is 1. The Morgan fingerprint density at radius 2 is 2.32 bits per heavy atom. The topological polar surface area (TPSA) is 42.7 Å². The molecule has 2 aromatic rings. The van der Waals surface area contributed by atoms with Crippen LogP contribution >= 0.6 is 15.9 Å². The van der Waals surface area contributed by atoms with Crippen LogP contribution in [0.4, 0.5) is 5.82 Å². The van der Waals surface area contributed by atoms with Crippen molar-refractivity contribution in [2.75, 3.05) is 23.3 Å². The second-order valence-corrected chi connectivity index (χ2v) is 6.10. The monoisotopic (exact) mass is 324 g/mol. The van der Waals surface area contributed by atoms with E-state index in [2.05, 4.69) is 44.8 Å². The average Bonchev–Trinajstić information content (AvgIpc) is 2.83. The zero-order valence-electron chi connectivity index (χ0n) is 11.1. The molecule has 1 atom stereocenters. The average molecular weight is 325 g/mol. The van der Waals surface area contributed by atoms with Gasteiger partial charge in [0.25, 0.3) is 0 Å². The van der Waals surface area contributed by atoms with E-state index >= 15 is 0 Å². The SMILES string of the molecule is CC1(C)CN(c2ccn3nccc3n2)CC(CBr)O1. The van der Waals surface area contributed by atoms with E-state index in [4.69, 9.17) is 4.74 Å². The van der Waals surface area contributed by atoms with E-state index in [0.29, 0.717) is 0 Å². The molecule has 0 aliphatic carbocycles. The summed E-state index contributed by atoms with van der Waals surface area (Å²) in [4.78, 5) is 6.93. The highest BCUT2D eigenvalue weighted by atomic mass is 79.9. The Hall–Kier alpha value is -1.14. The number of halogens is 1. The fourth-order valence-electron chi connectivity index (χ4n) is 2.53. The van der Waals surface area contributed by atoms with Crippen LogP contribution in [0.15, 0.2) is 24.5 Å². The Balaban J connectivity index is 1.91. The number of morpholine rings is 1. The third-order valence-corrected chi connectivity index (χ3v) is 3.94. The maximum atomic E-state index is 6.01. The van der Waals surface area contributed by atoms with Gasteiger partial charge in [0.2, 0.25) is 0 Å². The quantitative estimate of drug-likeness (QED) is 0.793. The van der Waals surface area contributed by atoms with Crippen molar-refractivity contribution in [1.82, 2.24) is 14.6 Å². The van der Waals surface area contributed by atoms with Gasteiger partial charge < -0.3 is 9.64 Å². The molecule has 0 radical (unpaired) electrons. The van der Waals surface area contributed by atoms with Crippen molar-refractivity contribution in [2.24, 2.45) is 0 Å². The molecule has 1 unspecified atom stereocenters. The number of ether oxygens (including phenoxy) is 1. The van der Waals surface area contributed by atoms with Gasteiger partial charge in [0, 0.05) is 30.7 Å². The van der Waals surface area contributed by atoms with Crippen molar-refractivity contribution in [1.29, 1.82) is 0 Å². The van der Waals surface area contributed by atoms with Crippen LogP contribution in [0.25, 0.3) is 5.65 Å². The van der Waals surface area contributed by atoms with Crippen LogP contribution in [0, 0.1) is 0 Å². The molecule has 3 heterocycles. The molecule has 1 fully saturated rings. The second-order valence-electron chi connectivity index (χ2n) is 5.45. The molecule has 2 aromatic heterocycles. The van der Waals surface area contributed by atoms with Crippen molar-refractivity contribution in [3.05, 3.63) is 24.5 Å². The Labute approximate surface area is 120 Å². The molecule has 0 aromatic carbocycles. The summed E-state index contributed by atoms with van der Waals surface area (Å²) in [5.41, 5.74) is 0.710. The third-order valence-electron chi connectivity index (χ3n) is 3.22. The summed E-state index contributed by atoms with van der Waals surface area (Å²) in [7, 11) is 0. The second kappa shape index (κ2) is 4.76. The van der Waals surface area contributed by atoms with Crippen LogP contribution in [0.2, 0.25) is 0 Å². The first-order valence-electron chi connectivity index (χ1n) is 6.36. The van der Waals surface area contributed by atoms with Gasteiger partial charge in [0.1, 0.15) is 5.82 Å². The fourth-order valence-corrected chi connectivity index (χ4v) is 2.87. The molecule has 0 saturated carbocycles. The third kappa shape index (κ3) is 2.60. The van der Waals surface area contributed by atoms with E-state index in [1.165, 1.54) is 0 Å². The molecule has 3 rings (SSSR count). The van der Waals surface area contributed by atoms with Crippen molar-refractivity contribution < 1.29 is 4.74 Å². The maximum Gasteiger partial charge on any atom is 0.157 e. The lowest BCUT2D eigenvalue weighted by Gasteiger charge is -2.42. The van der Waals surface area contributed by atoms with E-state index in [0.717, 1.165) is 29.9 Å². The predicted octanol–water partition coefficient (Wildman–Crippen LogP) is 2.11. The van der Waals surface area contributed by atoms with E-state index in [1.54, 1.807) is 10.7 Å². The van der Waals surface area contributed by atoms with E-state index in [-0.39, 0.29) is 11.7 Å². The molecule has 0 N–H and O–H groups in total.